The Morgan fingerprint density at radius 1 is 1.65 bits per heavy atom. The molecule has 0 bridgehead atoms. The highest BCUT2D eigenvalue weighted by atomic mass is 32.1. The third-order valence-corrected chi connectivity index (χ3v) is 3.58. The molecule has 17 heavy (non-hydrogen) atoms. The smallest absolute Gasteiger partial charge is 0.237 e. The summed E-state index contributed by atoms with van der Waals surface area (Å²) < 4.78 is 4.93. The van der Waals surface area contributed by atoms with Crippen LogP contribution in [0.1, 0.15) is 30.7 Å². The second kappa shape index (κ2) is 7.42. The van der Waals surface area contributed by atoms with Crippen molar-refractivity contribution in [1.29, 1.82) is 0 Å². The molecule has 0 fully saturated rings. The van der Waals surface area contributed by atoms with Gasteiger partial charge in [-0.15, -0.1) is 11.3 Å². The third kappa shape index (κ3) is 4.85. The average Bonchev–Trinajstić information content (AvgIpc) is 2.82. The first kappa shape index (κ1) is 14.2. The number of carbonyl (C=O) groups excluding carboxylic acids is 1. The number of methoxy groups -OCH3 is 1. The van der Waals surface area contributed by atoms with E-state index in [4.69, 9.17) is 10.5 Å². The lowest BCUT2D eigenvalue weighted by molar-refractivity contribution is -0.123. The highest BCUT2D eigenvalue weighted by molar-refractivity contribution is 7.10. The number of carbonyl (C=O) groups is 1. The van der Waals surface area contributed by atoms with Crippen LogP contribution in [0.15, 0.2) is 17.5 Å². The predicted octanol–water partition coefficient (Wildman–Crippen LogP) is 1.68. The summed E-state index contributed by atoms with van der Waals surface area (Å²) in [6.07, 6.45) is 1.45. The first-order valence-electron chi connectivity index (χ1n) is 5.73. The molecule has 4 nitrogen and oxygen atoms in total. The molecule has 2 unspecified atom stereocenters. The minimum Gasteiger partial charge on any atom is -0.385 e. The van der Waals surface area contributed by atoms with Crippen LogP contribution in [0.4, 0.5) is 0 Å². The molecule has 3 N–H and O–H groups in total. The predicted molar refractivity (Wildman–Crippen MR) is 70.0 cm³/mol. The van der Waals surface area contributed by atoms with Gasteiger partial charge >= 0.3 is 0 Å². The molecule has 0 aliphatic rings. The summed E-state index contributed by atoms with van der Waals surface area (Å²) in [5.41, 5.74) is 5.80. The molecule has 1 aromatic heterocycles. The second-order valence-corrected chi connectivity index (χ2v) is 4.97. The van der Waals surface area contributed by atoms with Gasteiger partial charge in [0.15, 0.2) is 0 Å². The van der Waals surface area contributed by atoms with E-state index in [9.17, 15) is 4.79 Å². The second-order valence-electron chi connectivity index (χ2n) is 3.99. The molecule has 0 spiro atoms. The first-order valence-corrected chi connectivity index (χ1v) is 6.61. The molecule has 0 saturated heterocycles. The van der Waals surface area contributed by atoms with E-state index < -0.39 is 6.04 Å². The zero-order chi connectivity index (χ0) is 12.7. The van der Waals surface area contributed by atoms with Gasteiger partial charge in [-0.25, -0.2) is 0 Å². The fourth-order valence-electron chi connectivity index (χ4n) is 1.51. The van der Waals surface area contributed by atoms with Gasteiger partial charge in [-0.3, -0.25) is 4.79 Å². The van der Waals surface area contributed by atoms with Crippen LogP contribution in [0.2, 0.25) is 0 Å². The zero-order valence-corrected chi connectivity index (χ0v) is 11.1. The molecular formula is C12H20N2O2S. The van der Waals surface area contributed by atoms with Gasteiger partial charge in [0.2, 0.25) is 5.91 Å². The molecule has 0 radical (unpaired) electrons. The number of amides is 1. The summed E-state index contributed by atoms with van der Waals surface area (Å²) in [6, 6.07) is 3.55. The van der Waals surface area contributed by atoms with Gasteiger partial charge in [0, 0.05) is 18.6 Å². The quantitative estimate of drug-likeness (QED) is 0.730. The van der Waals surface area contributed by atoms with Crippen LogP contribution >= 0.6 is 11.3 Å². The van der Waals surface area contributed by atoms with Gasteiger partial charge in [0.05, 0.1) is 12.1 Å². The fraction of sp³-hybridized carbons (Fsp3) is 0.583. The molecule has 0 saturated carbocycles. The van der Waals surface area contributed by atoms with Crippen LogP contribution in [0.3, 0.4) is 0 Å². The number of nitrogens with two attached hydrogens (primary N) is 1. The molecular weight excluding hydrogens is 236 g/mol. The molecule has 0 aromatic carbocycles. The SMILES string of the molecule is COCCCC(N)C(=O)NC(C)c1cccs1. The highest BCUT2D eigenvalue weighted by Gasteiger charge is 2.16. The van der Waals surface area contributed by atoms with Gasteiger partial charge in [-0.05, 0) is 31.2 Å². The van der Waals surface area contributed by atoms with E-state index in [1.165, 1.54) is 0 Å². The molecule has 0 aliphatic heterocycles. The van der Waals surface area contributed by atoms with Gasteiger partial charge in [-0.1, -0.05) is 6.07 Å². The maximum Gasteiger partial charge on any atom is 0.237 e. The Bertz CT molecular complexity index is 327. The normalized spacial score (nSPS) is 14.3. The van der Waals surface area contributed by atoms with Crippen molar-refractivity contribution in [2.24, 2.45) is 5.73 Å². The van der Waals surface area contributed by atoms with Crippen LogP contribution in [0.25, 0.3) is 0 Å². The van der Waals surface area contributed by atoms with E-state index in [0.29, 0.717) is 13.0 Å². The van der Waals surface area contributed by atoms with Crippen molar-refractivity contribution in [3.8, 4) is 0 Å². The Morgan fingerprint density at radius 2 is 2.41 bits per heavy atom. The van der Waals surface area contributed by atoms with Crippen molar-refractivity contribution in [2.45, 2.75) is 31.8 Å². The maximum absolute atomic E-state index is 11.8. The minimum atomic E-state index is -0.451. The van der Waals surface area contributed by atoms with Crippen LogP contribution in [0, 0.1) is 0 Å². The van der Waals surface area contributed by atoms with E-state index in [1.807, 2.05) is 24.4 Å². The summed E-state index contributed by atoms with van der Waals surface area (Å²) in [5.74, 6) is -0.0954. The lowest BCUT2D eigenvalue weighted by Crippen LogP contribution is -2.41. The zero-order valence-electron chi connectivity index (χ0n) is 10.3. The lowest BCUT2D eigenvalue weighted by atomic mass is 10.1. The standard InChI is InChI=1S/C12H20N2O2S/c1-9(11-6-4-8-17-11)14-12(15)10(13)5-3-7-16-2/h4,6,8-10H,3,5,7,13H2,1-2H3,(H,14,15). The molecule has 2 atom stereocenters. The molecule has 1 heterocycles. The molecule has 0 aliphatic carbocycles. The van der Waals surface area contributed by atoms with Crippen molar-refractivity contribution < 1.29 is 9.53 Å². The van der Waals surface area contributed by atoms with E-state index in [1.54, 1.807) is 18.4 Å². The molecule has 1 aromatic rings. The van der Waals surface area contributed by atoms with E-state index in [2.05, 4.69) is 5.32 Å². The highest BCUT2D eigenvalue weighted by Crippen LogP contribution is 2.18. The molecule has 1 rings (SSSR count). The number of rotatable bonds is 7. The Balaban J connectivity index is 2.33. The Morgan fingerprint density at radius 3 is 3.00 bits per heavy atom. The number of hydrogen-bond acceptors (Lipinski definition) is 4. The van der Waals surface area contributed by atoms with Crippen LogP contribution < -0.4 is 11.1 Å². The van der Waals surface area contributed by atoms with Gasteiger partial charge in [-0.2, -0.15) is 0 Å². The average molecular weight is 256 g/mol. The van der Waals surface area contributed by atoms with Gasteiger partial charge in [0.25, 0.3) is 0 Å². The lowest BCUT2D eigenvalue weighted by Gasteiger charge is -2.16. The number of hydrogen-bond donors (Lipinski definition) is 2. The van der Waals surface area contributed by atoms with Crippen LogP contribution in [-0.4, -0.2) is 25.7 Å². The van der Waals surface area contributed by atoms with Crippen molar-refractivity contribution in [3.05, 3.63) is 22.4 Å². The molecule has 1 amide bonds. The van der Waals surface area contributed by atoms with Gasteiger partial charge in [0.1, 0.15) is 0 Å². The third-order valence-electron chi connectivity index (χ3n) is 2.53. The largest absolute Gasteiger partial charge is 0.385 e. The summed E-state index contributed by atoms with van der Waals surface area (Å²) in [7, 11) is 1.64. The number of nitrogens with one attached hydrogen (secondary N) is 1. The summed E-state index contributed by atoms with van der Waals surface area (Å²) >= 11 is 1.63. The maximum atomic E-state index is 11.8. The summed E-state index contributed by atoms with van der Waals surface area (Å²) in [4.78, 5) is 12.9. The van der Waals surface area contributed by atoms with Crippen molar-refractivity contribution in [1.82, 2.24) is 5.32 Å². The molecule has 96 valence electrons. The first-order chi connectivity index (χ1) is 8.15. The monoisotopic (exact) mass is 256 g/mol. The molecule has 5 heteroatoms. The summed E-state index contributed by atoms with van der Waals surface area (Å²) in [6.45, 7) is 2.60. The number of ether oxygens (including phenoxy) is 1. The minimum absolute atomic E-state index is 0.0241. The fourth-order valence-corrected chi connectivity index (χ4v) is 2.24. The van der Waals surface area contributed by atoms with E-state index in [-0.39, 0.29) is 11.9 Å². The van der Waals surface area contributed by atoms with Crippen molar-refractivity contribution >= 4 is 17.2 Å². The Kier molecular flexibility index (Phi) is 6.18. The van der Waals surface area contributed by atoms with E-state index in [0.717, 1.165) is 11.3 Å². The van der Waals surface area contributed by atoms with Crippen molar-refractivity contribution in [3.63, 3.8) is 0 Å². The number of thiophene rings is 1. The van der Waals surface area contributed by atoms with E-state index >= 15 is 0 Å². The Labute approximate surface area is 106 Å². The van der Waals surface area contributed by atoms with Gasteiger partial charge < -0.3 is 15.8 Å². The van der Waals surface area contributed by atoms with Crippen LogP contribution in [0.5, 0.6) is 0 Å². The topological polar surface area (TPSA) is 64.3 Å². The Hall–Kier alpha value is -0.910. The van der Waals surface area contributed by atoms with Crippen molar-refractivity contribution in [2.75, 3.05) is 13.7 Å². The summed E-state index contributed by atoms with van der Waals surface area (Å²) in [5, 5.41) is 4.91. The van der Waals surface area contributed by atoms with Crippen LogP contribution in [-0.2, 0) is 9.53 Å².